The minimum absolute atomic E-state index is 0.663. The summed E-state index contributed by atoms with van der Waals surface area (Å²) in [4.78, 5) is 10.4. The lowest BCUT2D eigenvalue weighted by atomic mass is 9.98. The highest BCUT2D eigenvalue weighted by Crippen LogP contribution is 2.39. The Hall–Kier alpha value is -6.00. The second-order valence-corrected chi connectivity index (χ2v) is 11.4. The average molecular weight is 562 g/mol. The number of hydrogen-bond donors (Lipinski definition) is 0. The van der Waals surface area contributed by atoms with E-state index in [0.717, 1.165) is 60.5 Å². The molecule has 0 unspecified atom stereocenters. The lowest BCUT2D eigenvalue weighted by Gasteiger charge is -2.12. The van der Waals surface area contributed by atoms with Crippen LogP contribution in [0, 0.1) is 0 Å². The molecule has 0 aliphatic carbocycles. The van der Waals surface area contributed by atoms with Crippen LogP contribution in [0.4, 0.5) is 0 Å². The van der Waals surface area contributed by atoms with Crippen LogP contribution in [0.1, 0.15) is 0 Å². The summed E-state index contributed by atoms with van der Waals surface area (Å²) in [5, 5.41) is 10.4. The van der Waals surface area contributed by atoms with Crippen molar-refractivity contribution in [3.8, 4) is 17.2 Å². The molecule has 3 aromatic heterocycles. The topological polar surface area (TPSA) is 43.9 Å². The Labute approximate surface area is 251 Å². The van der Waals surface area contributed by atoms with E-state index in [9.17, 15) is 0 Å². The van der Waals surface area contributed by atoms with E-state index in [4.69, 9.17) is 14.4 Å². The quantitative estimate of drug-likeness (QED) is 0.197. The van der Waals surface area contributed by atoms with Gasteiger partial charge in [-0.1, -0.05) is 97.1 Å². The maximum atomic E-state index is 6.22. The minimum atomic E-state index is 0.663. The van der Waals surface area contributed by atoms with Crippen LogP contribution in [-0.2, 0) is 0 Å². The molecule has 4 heteroatoms. The summed E-state index contributed by atoms with van der Waals surface area (Å²) in [6, 6.07) is 49.0. The third-order valence-corrected chi connectivity index (χ3v) is 8.96. The van der Waals surface area contributed by atoms with Crippen molar-refractivity contribution in [3.05, 3.63) is 140 Å². The molecule has 0 aliphatic rings. The number of hydrogen-bond acceptors (Lipinski definition) is 3. The fourth-order valence-corrected chi connectivity index (χ4v) is 6.94. The SMILES string of the molecule is c1ccc(-c2nc(-n3c4ccccc4c4cc5ccc6cc7oc8ccccc8c7cc6c5cc43)nc3ccccc23)cc1. The first-order chi connectivity index (χ1) is 21.8. The zero-order chi connectivity index (χ0) is 28.8. The van der Waals surface area contributed by atoms with Gasteiger partial charge in [0.2, 0.25) is 5.95 Å². The van der Waals surface area contributed by atoms with Gasteiger partial charge in [-0.15, -0.1) is 0 Å². The number of nitrogens with zero attached hydrogens (tertiary/aromatic N) is 3. The number of benzene rings is 7. The van der Waals surface area contributed by atoms with Gasteiger partial charge in [0.15, 0.2) is 0 Å². The summed E-state index contributed by atoms with van der Waals surface area (Å²) in [7, 11) is 0. The van der Waals surface area contributed by atoms with E-state index in [0.29, 0.717) is 5.95 Å². The normalized spacial score (nSPS) is 12.1. The van der Waals surface area contributed by atoms with Crippen molar-refractivity contribution in [1.82, 2.24) is 14.5 Å². The van der Waals surface area contributed by atoms with E-state index in [1.807, 2.05) is 24.3 Å². The summed E-state index contributed by atoms with van der Waals surface area (Å²) in [5.41, 5.74) is 6.90. The molecule has 44 heavy (non-hydrogen) atoms. The predicted octanol–water partition coefficient (Wildman–Crippen LogP) is 10.6. The zero-order valence-corrected chi connectivity index (χ0v) is 23.5. The smallest absolute Gasteiger partial charge is 0.235 e. The summed E-state index contributed by atoms with van der Waals surface area (Å²) < 4.78 is 8.45. The van der Waals surface area contributed by atoms with E-state index in [1.165, 1.54) is 26.9 Å². The van der Waals surface area contributed by atoms with Crippen molar-refractivity contribution < 1.29 is 4.42 Å². The highest BCUT2D eigenvalue weighted by atomic mass is 16.3. The average Bonchev–Trinajstić information content (AvgIpc) is 3.61. The van der Waals surface area contributed by atoms with Crippen LogP contribution in [0.25, 0.3) is 93.4 Å². The Morgan fingerprint density at radius 3 is 2.02 bits per heavy atom. The van der Waals surface area contributed by atoms with Crippen molar-refractivity contribution in [1.29, 1.82) is 0 Å². The first-order valence-corrected chi connectivity index (χ1v) is 14.8. The van der Waals surface area contributed by atoms with Crippen molar-refractivity contribution in [2.75, 3.05) is 0 Å². The van der Waals surface area contributed by atoms with Crippen molar-refractivity contribution in [2.24, 2.45) is 0 Å². The fourth-order valence-electron chi connectivity index (χ4n) is 6.94. The van der Waals surface area contributed by atoms with Gasteiger partial charge in [-0.05, 0) is 64.0 Å². The van der Waals surface area contributed by atoms with E-state index in [-0.39, 0.29) is 0 Å². The second-order valence-electron chi connectivity index (χ2n) is 11.4. The Morgan fingerprint density at radius 2 is 1.14 bits per heavy atom. The van der Waals surface area contributed by atoms with Gasteiger partial charge in [-0.25, -0.2) is 9.97 Å². The van der Waals surface area contributed by atoms with Gasteiger partial charge in [0, 0.05) is 32.5 Å². The zero-order valence-electron chi connectivity index (χ0n) is 23.5. The number of aromatic nitrogens is 3. The number of furan rings is 1. The molecule has 0 bridgehead atoms. The minimum Gasteiger partial charge on any atom is -0.456 e. The van der Waals surface area contributed by atoms with Gasteiger partial charge >= 0.3 is 0 Å². The van der Waals surface area contributed by atoms with Gasteiger partial charge < -0.3 is 4.42 Å². The first-order valence-electron chi connectivity index (χ1n) is 14.8. The standard InChI is InChI=1S/C40H23N3O/c1-2-10-24(11-3-1)39-29-14-4-7-15-34(29)41-40(42-39)43-35-16-8-5-12-27(35)32-20-25-18-19-26-21-38-33(22-30(26)31(25)23-36(32)43)28-13-6-9-17-37(28)44-38/h1-23H. The Morgan fingerprint density at radius 1 is 0.432 bits per heavy atom. The van der Waals surface area contributed by atoms with E-state index in [1.54, 1.807) is 0 Å². The highest BCUT2D eigenvalue weighted by Gasteiger charge is 2.19. The molecule has 7 aromatic carbocycles. The second kappa shape index (κ2) is 8.76. The molecule has 0 saturated carbocycles. The lowest BCUT2D eigenvalue weighted by Crippen LogP contribution is -2.03. The Bertz CT molecular complexity index is 2770. The number of fused-ring (bicyclic) bond motifs is 10. The van der Waals surface area contributed by atoms with Gasteiger partial charge in [-0.2, -0.15) is 0 Å². The number of para-hydroxylation sites is 3. The van der Waals surface area contributed by atoms with Crippen LogP contribution in [0.2, 0.25) is 0 Å². The first kappa shape index (κ1) is 23.6. The molecule has 0 radical (unpaired) electrons. The van der Waals surface area contributed by atoms with Crippen LogP contribution < -0.4 is 0 Å². The molecule has 0 aliphatic heterocycles. The van der Waals surface area contributed by atoms with E-state index >= 15 is 0 Å². The van der Waals surface area contributed by atoms with Gasteiger partial charge in [0.25, 0.3) is 0 Å². The summed E-state index contributed by atoms with van der Waals surface area (Å²) in [6.45, 7) is 0. The van der Waals surface area contributed by atoms with Crippen LogP contribution in [0.3, 0.4) is 0 Å². The third-order valence-electron chi connectivity index (χ3n) is 8.96. The molecule has 0 atom stereocenters. The molecule has 0 spiro atoms. The van der Waals surface area contributed by atoms with Gasteiger partial charge in [0.05, 0.1) is 22.2 Å². The molecular weight excluding hydrogens is 538 g/mol. The molecular formula is C40H23N3O. The van der Waals surface area contributed by atoms with Crippen molar-refractivity contribution in [3.63, 3.8) is 0 Å². The van der Waals surface area contributed by atoms with E-state index in [2.05, 4.69) is 120 Å². The molecule has 10 rings (SSSR count). The monoisotopic (exact) mass is 561 g/mol. The van der Waals surface area contributed by atoms with Crippen molar-refractivity contribution >= 4 is 76.2 Å². The van der Waals surface area contributed by atoms with Crippen LogP contribution in [0.5, 0.6) is 0 Å². The Kier molecular flexibility index (Phi) is 4.69. The molecule has 0 amide bonds. The molecule has 10 aromatic rings. The van der Waals surface area contributed by atoms with Crippen molar-refractivity contribution in [2.45, 2.75) is 0 Å². The third kappa shape index (κ3) is 3.28. The molecule has 0 saturated heterocycles. The predicted molar refractivity (Wildman–Crippen MR) is 182 cm³/mol. The molecule has 0 N–H and O–H groups in total. The summed E-state index contributed by atoms with van der Waals surface area (Å²) >= 11 is 0. The van der Waals surface area contributed by atoms with Gasteiger partial charge in [-0.3, -0.25) is 4.57 Å². The van der Waals surface area contributed by atoms with Crippen LogP contribution in [0.15, 0.2) is 144 Å². The fraction of sp³-hybridized carbons (Fsp3) is 0. The molecule has 0 fully saturated rings. The maximum Gasteiger partial charge on any atom is 0.235 e. The lowest BCUT2D eigenvalue weighted by molar-refractivity contribution is 0.669. The van der Waals surface area contributed by atoms with Crippen LogP contribution >= 0.6 is 0 Å². The highest BCUT2D eigenvalue weighted by molar-refractivity contribution is 6.21. The Balaban J connectivity index is 1.33. The molecule has 3 heterocycles. The van der Waals surface area contributed by atoms with Crippen LogP contribution in [-0.4, -0.2) is 14.5 Å². The largest absolute Gasteiger partial charge is 0.456 e. The summed E-state index contributed by atoms with van der Waals surface area (Å²) in [5.74, 6) is 0.663. The molecule has 204 valence electrons. The number of rotatable bonds is 2. The van der Waals surface area contributed by atoms with Gasteiger partial charge in [0.1, 0.15) is 11.2 Å². The maximum absolute atomic E-state index is 6.22. The van der Waals surface area contributed by atoms with E-state index < -0.39 is 0 Å². The summed E-state index contributed by atoms with van der Waals surface area (Å²) in [6.07, 6.45) is 0. The molecule has 4 nitrogen and oxygen atoms in total.